The Hall–Kier alpha value is -3.13. The van der Waals surface area contributed by atoms with E-state index in [0.29, 0.717) is 17.4 Å². The molecule has 28 heavy (non-hydrogen) atoms. The predicted octanol–water partition coefficient (Wildman–Crippen LogP) is 3.54. The van der Waals surface area contributed by atoms with Gasteiger partial charge < -0.3 is 15.0 Å². The number of hydrogen-bond acceptors (Lipinski definition) is 5. The van der Waals surface area contributed by atoms with Crippen LogP contribution < -0.4 is 20.3 Å². The van der Waals surface area contributed by atoms with Gasteiger partial charge in [-0.05, 0) is 36.8 Å². The lowest BCUT2D eigenvalue weighted by Gasteiger charge is -2.18. The number of nitrogens with zero attached hydrogens (tertiary/aromatic N) is 2. The van der Waals surface area contributed by atoms with Crippen molar-refractivity contribution < 1.29 is 14.3 Å². The maximum Gasteiger partial charge on any atom is 0.321 e. The lowest BCUT2D eigenvalue weighted by Crippen LogP contribution is -2.39. The molecule has 1 aromatic heterocycles. The molecule has 1 saturated heterocycles. The standard InChI is InChI=1S/C20H20N4O3S/c1-12-6-7-16-17(8-12)28-20(22-16)23-19(26)21-13-9-18(25)24(11-13)14-4-3-5-15(10-14)27-2/h3-8,10,13H,9,11H2,1-2H3,(H2,21,22,23,26)/t13-/m0/s1. The Kier molecular flexibility index (Phi) is 4.87. The van der Waals surface area contributed by atoms with Crippen molar-refractivity contribution in [3.8, 4) is 5.75 Å². The number of methoxy groups -OCH3 is 1. The number of rotatable bonds is 4. The Bertz CT molecular complexity index is 1050. The summed E-state index contributed by atoms with van der Waals surface area (Å²) >= 11 is 1.43. The molecule has 144 valence electrons. The summed E-state index contributed by atoms with van der Waals surface area (Å²) in [6.45, 7) is 2.43. The Labute approximate surface area is 166 Å². The topological polar surface area (TPSA) is 83.6 Å². The number of benzene rings is 2. The number of carbonyl (C=O) groups is 2. The van der Waals surface area contributed by atoms with Crippen LogP contribution in [-0.4, -0.2) is 36.6 Å². The van der Waals surface area contributed by atoms with E-state index in [-0.39, 0.29) is 24.4 Å². The monoisotopic (exact) mass is 396 g/mol. The maximum atomic E-state index is 12.4. The molecule has 1 atom stereocenters. The summed E-state index contributed by atoms with van der Waals surface area (Å²) in [5, 5.41) is 6.17. The van der Waals surface area contributed by atoms with E-state index in [9.17, 15) is 9.59 Å². The molecule has 7 nitrogen and oxygen atoms in total. The number of anilines is 2. The average molecular weight is 396 g/mol. The molecule has 0 bridgehead atoms. The molecular weight excluding hydrogens is 376 g/mol. The van der Waals surface area contributed by atoms with Gasteiger partial charge >= 0.3 is 6.03 Å². The molecule has 0 unspecified atom stereocenters. The van der Waals surface area contributed by atoms with Crippen LogP contribution in [0.4, 0.5) is 15.6 Å². The molecule has 2 N–H and O–H groups in total. The van der Waals surface area contributed by atoms with Crippen LogP contribution in [0, 0.1) is 6.92 Å². The van der Waals surface area contributed by atoms with Crippen LogP contribution in [0.15, 0.2) is 42.5 Å². The molecule has 4 rings (SSSR count). The van der Waals surface area contributed by atoms with E-state index in [1.807, 2.05) is 49.4 Å². The number of aryl methyl sites for hydroxylation is 1. The zero-order valence-corrected chi connectivity index (χ0v) is 16.4. The van der Waals surface area contributed by atoms with Gasteiger partial charge in [0.15, 0.2) is 5.13 Å². The molecule has 0 aliphatic carbocycles. The van der Waals surface area contributed by atoms with Crippen molar-refractivity contribution in [2.75, 3.05) is 23.9 Å². The molecule has 1 aliphatic heterocycles. The Morgan fingerprint density at radius 3 is 2.96 bits per heavy atom. The van der Waals surface area contributed by atoms with Crippen LogP contribution in [0.3, 0.4) is 0 Å². The molecule has 0 radical (unpaired) electrons. The largest absolute Gasteiger partial charge is 0.497 e. The number of hydrogen-bond donors (Lipinski definition) is 2. The molecule has 1 fully saturated rings. The third kappa shape index (κ3) is 3.77. The SMILES string of the molecule is COc1cccc(N2C[C@@H](NC(=O)Nc3nc4ccc(C)cc4s3)CC2=O)c1. The molecule has 3 aromatic rings. The zero-order chi connectivity index (χ0) is 19.7. The highest BCUT2D eigenvalue weighted by Crippen LogP contribution is 2.27. The number of urea groups is 1. The molecule has 0 saturated carbocycles. The van der Waals surface area contributed by atoms with Gasteiger partial charge in [-0.2, -0.15) is 0 Å². The normalized spacial score (nSPS) is 16.4. The fraction of sp³-hybridized carbons (Fsp3) is 0.250. The summed E-state index contributed by atoms with van der Waals surface area (Å²) in [6.07, 6.45) is 0.254. The van der Waals surface area contributed by atoms with Crippen LogP contribution >= 0.6 is 11.3 Å². The minimum absolute atomic E-state index is 0.0333. The average Bonchev–Trinajstić information content (AvgIpc) is 3.23. The molecule has 3 amide bonds. The summed E-state index contributed by atoms with van der Waals surface area (Å²) in [6, 6.07) is 12.7. The predicted molar refractivity (Wildman–Crippen MR) is 110 cm³/mol. The summed E-state index contributed by atoms with van der Waals surface area (Å²) in [5.41, 5.74) is 2.76. The Balaban J connectivity index is 1.39. The minimum Gasteiger partial charge on any atom is -0.497 e. The second kappa shape index (κ2) is 7.47. The molecule has 1 aliphatic rings. The lowest BCUT2D eigenvalue weighted by atomic mass is 10.2. The first kappa shape index (κ1) is 18.2. The number of aromatic nitrogens is 1. The summed E-state index contributed by atoms with van der Waals surface area (Å²) in [7, 11) is 1.59. The first-order chi connectivity index (χ1) is 13.5. The molecular formula is C20H20N4O3S. The second-order valence-corrected chi connectivity index (χ2v) is 7.73. The van der Waals surface area contributed by atoms with E-state index < -0.39 is 0 Å². The number of thiazole rings is 1. The Morgan fingerprint density at radius 2 is 2.14 bits per heavy atom. The quantitative estimate of drug-likeness (QED) is 0.707. The maximum absolute atomic E-state index is 12.4. The van der Waals surface area contributed by atoms with Gasteiger partial charge in [0.25, 0.3) is 0 Å². The highest BCUT2D eigenvalue weighted by atomic mass is 32.1. The van der Waals surface area contributed by atoms with Gasteiger partial charge in [0, 0.05) is 24.7 Å². The summed E-state index contributed by atoms with van der Waals surface area (Å²) in [4.78, 5) is 30.8. The Morgan fingerprint density at radius 1 is 1.29 bits per heavy atom. The van der Waals surface area contributed by atoms with Gasteiger partial charge in [0.1, 0.15) is 5.75 Å². The number of ether oxygens (including phenoxy) is 1. The van der Waals surface area contributed by atoms with Crippen LogP contribution in [0.25, 0.3) is 10.2 Å². The van der Waals surface area contributed by atoms with Crippen LogP contribution in [0.5, 0.6) is 5.75 Å². The fourth-order valence-electron chi connectivity index (χ4n) is 3.24. The van der Waals surface area contributed by atoms with E-state index in [1.165, 1.54) is 11.3 Å². The second-order valence-electron chi connectivity index (χ2n) is 6.70. The van der Waals surface area contributed by atoms with E-state index in [0.717, 1.165) is 21.5 Å². The summed E-state index contributed by atoms with van der Waals surface area (Å²) < 4.78 is 6.24. The van der Waals surface area contributed by atoms with Crippen LogP contribution in [0.2, 0.25) is 0 Å². The summed E-state index contributed by atoms with van der Waals surface area (Å²) in [5.74, 6) is 0.652. The lowest BCUT2D eigenvalue weighted by molar-refractivity contribution is -0.117. The molecule has 0 spiro atoms. The number of nitrogens with one attached hydrogen (secondary N) is 2. The van der Waals surface area contributed by atoms with Crippen molar-refractivity contribution in [3.63, 3.8) is 0 Å². The van der Waals surface area contributed by atoms with E-state index in [4.69, 9.17) is 4.74 Å². The van der Waals surface area contributed by atoms with Crippen molar-refractivity contribution >= 4 is 44.3 Å². The highest BCUT2D eigenvalue weighted by Gasteiger charge is 2.31. The molecule has 2 heterocycles. The van der Waals surface area contributed by atoms with Crippen LogP contribution in [0.1, 0.15) is 12.0 Å². The van der Waals surface area contributed by atoms with E-state index in [2.05, 4.69) is 15.6 Å². The minimum atomic E-state index is -0.360. The van der Waals surface area contributed by atoms with Crippen molar-refractivity contribution in [1.82, 2.24) is 10.3 Å². The first-order valence-electron chi connectivity index (χ1n) is 8.91. The molecule has 8 heteroatoms. The van der Waals surface area contributed by atoms with E-state index >= 15 is 0 Å². The first-order valence-corrected chi connectivity index (χ1v) is 9.72. The van der Waals surface area contributed by atoms with Crippen molar-refractivity contribution in [2.45, 2.75) is 19.4 Å². The third-order valence-electron chi connectivity index (χ3n) is 4.59. The van der Waals surface area contributed by atoms with Gasteiger partial charge in [-0.1, -0.05) is 23.5 Å². The van der Waals surface area contributed by atoms with Crippen LogP contribution in [-0.2, 0) is 4.79 Å². The fourth-order valence-corrected chi connectivity index (χ4v) is 4.20. The van der Waals surface area contributed by atoms with E-state index in [1.54, 1.807) is 12.0 Å². The zero-order valence-electron chi connectivity index (χ0n) is 15.6. The molecule has 2 aromatic carbocycles. The van der Waals surface area contributed by atoms with Gasteiger partial charge in [-0.3, -0.25) is 10.1 Å². The van der Waals surface area contributed by atoms with Crippen molar-refractivity contribution in [3.05, 3.63) is 48.0 Å². The number of carbonyl (C=O) groups excluding carboxylic acids is 2. The number of amides is 3. The van der Waals surface area contributed by atoms with Gasteiger partial charge in [-0.15, -0.1) is 0 Å². The number of fused-ring (bicyclic) bond motifs is 1. The smallest absolute Gasteiger partial charge is 0.321 e. The van der Waals surface area contributed by atoms with Gasteiger partial charge in [-0.25, -0.2) is 9.78 Å². The van der Waals surface area contributed by atoms with Gasteiger partial charge in [0.05, 0.1) is 23.4 Å². The van der Waals surface area contributed by atoms with Gasteiger partial charge in [0.2, 0.25) is 5.91 Å². The highest BCUT2D eigenvalue weighted by molar-refractivity contribution is 7.22. The third-order valence-corrected chi connectivity index (χ3v) is 5.52. The van der Waals surface area contributed by atoms with Crippen molar-refractivity contribution in [2.24, 2.45) is 0 Å². The van der Waals surface area contributed by atoms with Crippen molar-refractivity contribution in [1.29, 1.82) is 0 Å².